The minimum atomic E-state index is 0.158. The first-order valence-corrected chi connectivity index (χ1v) is 6.18. The van der Waals surface area contributed by atoms with Gasteiger partial charge in [0.1, 0.15) is 17.8 Å². The zero-order valence-electron chi connectivity index (χ0n) is 11.7. The summed E-state index contributed by atoms with van der Waals surface area (Å²) in [5.74, 6) is 1.30. The molecule has 0 aliphatic heterocycles. The third kappa shape index (κ3) is 3.30. The fourth-order valence-corrected chi connectivity index (χ4v) is 1.62. The second-order valence-corrected chi connectivity index (χ2v) is 3.94. The Morgan fingerprint density at radius 3 is 2.57 bits per heavy atom. The first-order valence-electron chi connectivity index (χ1n) is 6.18. The summed E-state index contributed by atoms with van der Waals surface area (Å²) >= 11 is 0. The van der Waals surface area contributed by atoms with Crippen molar-refractivity contribution in [2.24, 2.45) is 0 Å². The van der Waals surface area contributed by atoms with Crippen molar-refractivity contribution in [3.05, 3.63) is 30.1 Å². The van der Waals surface area contributed by atoms with Gasteiger partial charge in [0, 0.05) is 6.07 Å². The first-order chi connectivity index (χ1) is 10.2. The van der Waals surface area contributed by atoms with Crippen molar-refractivity contribution in [1.29, 1.82) is 5.26 Å². The Hall–Kier alpha value is -3.01. The normalized spacial score (nSPS) is 9.76. The standard InChI is InChI=1S/C14H14N4O3/c1-3-20-13-12(16)14(18-8-17-13)21-11-5-9(7-15)4-10(6-11)19-2/h4-6,8H,3,16H2,1-2H3. The maximum absolute atomic E-state index is 8.99. The summed E-state index contributed by atoms with van der Waals surface area (Å²) in [4.78, 5) is 7.89. The van der Waals surface area contributed by atoms with E-state index in [-0.39, 0.29) is 17.4 Å². The maximum Gasteiger partial charge on any atom is 0.249 e. The molecule has 2 N–H and O–H groups in total. The molecular weight excluding hydrogens is 272 g/mol. The zero-order valence-corrected chi connectivity index (χ0v) is 11.7. The number of benzene rings is 1. The Labute approximate surface area is 121 Å². The number of anilines is 1. The molecule has 1 aromatic heterocycles. The van der Waals surface area contributed by atoms with Gasteiger partial charge < -0.3 is 19.9 Å². The number of hydrogen-bond donors (Lipinski definition) is 1. The van der Waals surface area contributed by atoms with Gasteiger partial charge in [-0.05, 0) is 19.1 Å². The highest BCUT2D eigenvalue weighted by atomic mass is 16.5. The number of rotatable bonds is 5. The molecule has 0 saturated carbocycles. The summed E-state index contributed by atoms with van der Waals surface area (Å²) < 4.78 is 16.0. The molecule has 0 aliphatic carbocycles. The van der Waals surface area contributed by atoms with Crippen LogP contribution in [-0.4, -0.2) is 23.7 Å². The van der Waals surface area contributed by atoms with Crippen molar-refractivity contribution in [2.45, 2.75) is 6.92 Å². The van der Waals surface area contributed by atoms with Crippen LogP contribution in [0.1, 0.15) is 12.5 Å². The van der Waals surface area contributed by atoms with Crippen LogP contribution in [0, 0.1) is 11.3 Å². The Kier molecular flexibility index (Phi) is 4.41. The summed E-state index contributed by atoms with van der Waals surface area (Å²) in [6.07, 6.45) is 1.29. The third-order valence-corrected chi connectivity index (χ3v) is 2.55. The predicted octanol–water partition coefficient (Wildman–Crippen LogP) is 2.13. The molecule has 0 atom stereocenters. The predicted molar refractivity (Wildman–Crippen MR) is 75.4 cm³/mol. The van der Waals surface area contributed by atoms with Crippen molar-refractivity contribution in [3.8, 4) is 29.3 Å². The molecule has 7 heteroatoms. The average molecular weight is 286 g/mol. The smallest absolute Gasteiger partial charge is 0.249 e. The van der Waals surface area contributed by atoms with Gasteiger partial charge in [-0.15, -0.1) is 0 Å². The molecule has 1 heterocycles. The third-order valence-electron chi connectivity index (χ3n) is 2.55. The van der Waals surface area contributed by atoms with Gasteiger partial charge in [-0.3, -0.25) is 0 Å². The minimum Gasteiger partial charge on any atom is -0.497 e. The van der Waals surface area contributed by atoms with E-state index >= 15 is 0 Å². The SMILES string of the molecule is CCOc1ncnc(Oc2cc(C#N)cc(OC)c2)c1N. The van der Waals surface area contributed by atoms with E-state index in [0.717, 1.165) is 0 Å². The van der Waals surface area contributed by atoms with E-state index in [0.29, 0.717) is 23.7 Å². The molecule has 0 radical (unpaired) electrons. The van der Waals surface area contributed by atoms with Gasteiger partial charge in [-0.25, -0.2) is 0 Å². The number of nitrogens with two attached hydrogens (primary N) is 1. The van der Waals surface area contributed by atoms with Crippen LogP contribution >= 0.6 is 0 Å². The molecule has 0 fully saturated rings. The quantitative estimate of drug-likeness (QED) is 0.897. The number of hydrogen-bond acceptors (Lipinski definition) is 7. The van der Waals surface area contributed by atoms with Crippen molar-refractivity contribution >= 4 is 5.69 Å². The fourth-order valence-electron chi connectivity index (χ4n) is 1.62. The number of methoxy groups -OCH3 is 1. The summed E-state index contributed by atoms with van der Waals surface area (Å²) in [6, 6.07) is 6.81. The molecule has 21 heavy (non-hydrogen) atoms. The van der Waals surface area contributed by atoms with E-state index in [9.17, 15) is 0 Å². The Morgan fingerprint density at radius 2 is 1.90 bits per heavy atom. The maximum atomic E-state index is 8.99. The number of nitriles is 1. The van der Waals surface area contributed by atoms with Gasteiger partial charge >= 0.3 is 0 Å². The van der Waals surface area contributed by atoms with Gasteiger partial charge in [0.2, 0.25) is 11.8 Å². The van der Waals surface area contributed by atoms with Crippen molar-refractivity contribution in [1.82, 2.24) is 9.97 Å². The van der Waals surface area contributed by atoms with Crippen LogP contribution in [0.15, 0.2) is 24.5 Å². The molecule has 0 saturated heterocycles. The molecule has 0 spiro atoms. The number of aromatic nitrogens is 2. The molecular formula is C14H14N4O3. The Bertz CT molecular complexity index is 682. The van der Waals surface area contributed by atoms with E-state index in [1.807, 2.05) is 13.0 Å². The van der Waals surface area contributed by atoms with Gasteiger partial charge in [-0.2, -0.15) is 15.2 Å². The van der Waals surface area contributed by atoms with E-state index in [4.69, 9.17) is 25.2 Å². The van der Waals surface area contributed by atoms with Gasteiger partial charge in [-0.1, -0.05) is 0 Å². The summed E-state index contributed by atoms with van der Waals surface area (Å²) in [5.41, 5.74) is 6.49. The molecule has 108 valence electrons. The lowest BCUT2D eigenvalue weighted by molar-refractivity contribution is 0.325. The molecule has 2 rings (SSSR count). The highest BCUT2D eigenvalue weighted by molar-refractivity contribution is 5.57. The van der Waals surface area contributed by atoms with Gasteiger partial charge in [0.25, 0.3) is 0 Å². The number of nitrogen functional groups attached to an aromatic ring is 1. The number of ether oxygens (including phenoxy) is 3. The van der Waals surface area contributed by atoms with Crippen LogP contribution < -0.4 is 19.9 Å². The van der Waals surface area contributed by atoms with Crippen LogP contribution in [-0.2, 0) is 0 Å². The molecule has 0 aliphatic rings. The molecule has 0 unspecified atom stereocenters. The van der Waals surface area contributed by atoms with Crippen LogP contribution in [0.2, 0.25) is 0 Å². The molecule has 1 aromatic carbocycles. The molecule has 7 nitrogen and oxygen atoms in total. The van der Waals surface area contributed by atoms with E-state index in [1.165, 1.54) is 13.4 Å². The first kappa shape index (κ1) is 14.4. The lowest BCUT2D eigenvalue weighted by atomic mass is 10.2. The van der Waals surface area contributed by atoms with Crippen molar-refractivity contribution < 1.29 is 14.2 Å². The second-order valence-electron chi connectivity index (χ2n) is 3.94. The fraction of sp³-hybridized carbons (Fsp3) is 0.214. The van der Waals surface area contributed by atoms with Crippen LogP contribution in [0.4, 0.5) is 5.69 Å². The molecule has 2 aromatic rings. The minimum absolute atomic E-state index is 0.158. The second kappa shape index (κ2) is 6.43. The zero-order chi connectivity index (χ0) is 15.2. The molecule has 0 bridgehead atoms. The van der Waals surface area contributed by atoms with E-state index in [1.54, 1.807) is 18.2 Å². The topological polar surface area (TPSA) is 103 Å². The highest BCUT2D eigenvalue weighted by Crippen LogP contribution is 2.32. The van der Waals surface area contributed by atoms with Crippen LogP contribution in [0.5, 0.6) is 23.3 Å². The lowest BCUT2D eigenvalue weighted by Gasteiger charge is -2.11. The monoisotopic (exact) mass is 286 g/mol. The summed E-state index contributed by atoms with van der Waals surface area (Å²) in [5, 5.41) is 8.99. The largest absolute Gasteiger partial charge is 0.497 e. The Balaban J connectivity index is 2.34. The van der Waals surface area contributed by atoms with Crippen LogP contribution in [0.3, 0.4) is 0 Å². The average Bonchev–Trinajstić information content (AvgIpc) is 2.51. The highest BCUT2D eigenvalue weighted by Gasteiger charge is 2.12. The number of nitrogens with zero attached hydrogens (tertiary/aromatic N) is 3. The van der Waals surface area contributed by atoms with Crippen molar-refractivity contribution in [3.63, 3.8) is 0 Å². The van der Waals surface area contributed by atoms with Crippen molar-refractivity contribution in [2.75, 3.05) is 19.5 Å². The summed E-state index contributed by atoms with van der Waals surface area (Å²) in [7, 11) is 1.51. The van der Waals surface area contributed by atoms with E-state index < -0.39 is 0 Å². The van der Waals surface area contributed by atoms with E-state index in [2.05, 4.69) is 9.97 Å². The van der Waals surface area contributed by atoms with Gasteiger partial charge in [0.15, 0.2) is 5.69 Å². The van der Waals surface area contributed by atoms with Gasteiger partial charge in [0.05, 0.1) is 25.3 Å². The Morgan fingerprint density at radius 1 is 1.19 bits per heavy atom. The lowest BCUT2D eigenvalue weighted by Crippen LogP contribution is -2.03. The molecule has 0 amide bonds. The van der Waals surface area contributed by atoms with Crippen LogP contribution in [0.25, 0.3) is 0 Å². The summed E-state index contributed by atoms with van der Waals surface area (Å²) in [6.45, 7) is 2.25.